The van der Waals surface area contributed by atoms with Crippen LogP contribution in [0.5, 0.6) is 0 Å². The van der Waals surface area contributed by atoms with Gasteiger partial charge in [0.05, 0.1) is 13.2 Å². The highest BCUT2D eigenvalue weighted by atomic mass is 16.5. The van der Waals surface area contributed by atoms with Crippen molar-refractivity contribution >= 4 is 6.79 Å². The molecule has 3 heteroatoms. The molecule has 0 aliphatic carbocycles. The van der Waals surface area contributed by atoms with E-state index in [9.17, 15) is 0 Å². The normalized spacial score (nSPS) is 26.3. The van der Waals surface area contributed by atoms with Gasteiger partial charge < -0.3 is 14.8 Å². The maximum absolute atomic E-state index is 8.00. The molecule has 2 atom stereocenters. The van der Waals surface area contributed by atoms with E-state index in [4.69, 9.17) is 9.53 Å². The van der Waals surface area contributed by atoms with Gasteiger partial charge in [-0.1, -0.05) is 20.8 Å². The van der Waals surface area contributed by atoms with Crippen LogP contribution < -0.4 is 5.32 Å². The van der Waals surface area contributed by atoms with Gasteiger partial charge in [0.2, 0.25) is 0 Å². The zero-order valence-electron chi connectivity index (χ0n) is 8.59. The van der Waals surface area contributed by atoms with Gasteiger partial charge in [0.1, 0.15) is 6.79 Å². The fraction of sp³-hybridized carbons (Fsp3) is 0.889. The second-order valence-electron chi connectivity index (χ2n) is 2.41. The average Bonchev–Trinajstić information content (AvgIpc) is 2.58. The minimum atomic E-state index is 0.593. The number of hydrogen-bond donors (Lipinski definition) is 1. The van der Waals surface area contributed by atoms with Gasteiger partial charge in [0.25, 0.3) is 0 Å². The molecule has 0 radical (unpaired) electrons. The van der Waals surface area contributed by atoms with Gasteiger partial charge in [-0.3, -0.25) is 0 Å². The third-order valence-corrected chi connectivity index (χ3v) is 1.74. The molecular weight excluding hydrogens is 154 g/mol. The fourth-order valence-corrected chi connectivity index (χ4v) is 1.03. The minimum Gasteiger partial charge on any atom is -0.379 e. The second-order valence-corrected chi connectivity index (χ2v) is 2.41. The van der Waals surface area contributed by atoms with Gasteiger partial charge in [0, 0.05) is 6.04 Å². The molecule has 0 bridgehead atoms. The van der Waals surface area contributed by atoms with E-state index in [-0.39, 0.29) is 0 Å². The topological polar surface area (TPSA) is 38.3 Å². The second kappa shape index (κ2) is 10.6. The molecule has 0 aromatic heterocycles. The first-order chi connectivity index (χ1) is 5.84. The van der Waals surface area contributed by atoms with E-state index in [2.05, 4.69) is 12.2 Å². The van der Waals surface area contributed by atoms with Gasteiger partial charge in [-0.05, 0) is 13.0 Å². The summed E-state index contributed by atoms with van der Waals surface area (Å²) in [6.45, 7) is 10.0. The molecular formula is C9H21NO2. The lowest BCUT2D eigenvalue weighted by molar-refractivity contribution is -0.0979. The average molecular weight is 175 g/mol. The van der Waals surface area contributed by atoms with Crippen molar-refractivity contribution in [1.29, 1.82) is 0 Å². The molecule has 3 nitrogen and oxygen atoms in total. The van der Waals surface area contributed by atoms with Crippen molar-refractivity contribution in [1.82, 2.24) is 5.32 Å². The van der Waals surface area contributed by atoms with Gasteiger partial charge in [-0.2, -0.15) is 0 Å². The molecule has 0 spiro atoms. The molecule has 0 aromatic rings. The first-order valence-electron chi connectivity index (χ1n) is 4.38. The van der Waals surface area contributed by atoms with Crippen molar-refractivity contribution in [3.63, 3.8) is 0 Å². The zero-order valence-corrected chi connectivity index (χ0v) is 8.59. The Morgan fingerprint density at radius 1 is 1.33 bits per heavy atom. The summed E-state index contributed by atoms with van der Waals surface area (Å²) in [5.74, 6) is 0.694. The summed E-state index contributed by atoms with van der Waals surface area (Å²) in [5.41, 5.74) is 0. The lowest BCUT2D eigenvalue weighted by atomic mass is 10.1. The maximum Gasteiger partial charge on any atom is 0.106 e. The van der Waals surface area contributed by atoms with Crippen molar-refractivity contribution in [2.45, 2.75) is 26.8 Å². The quantitative estimate of drug-likeness (QED) is 0.648. The first kappa shape index (κ1) is 14.1. The molecule has 1 saturated heterocycles. The summed E-state index contributed by atoms with van der Waals surface area (Å²) >= 11 is 0. The number of carbonyl (C=O) groups excluding carboxylic acids is 1. The Bertz CT molecular complexity index is 88.6. The van der Waals surface area contributed by atoms with E-state index in [1.54, 1.807) is 0 Å². The first-order valence-corrected chi connectivity index (χ1v) is 4.38. The molecule has 74 valence electrons. The lowest BCUT2D eigenvalue weighted by Gasteiger charge is -2.09. The molecule has 1 aliphatic rings. The number of rotatable bonds is 1. The van der Waals surface area contributed by atoms with Crippen LogP contribution in [0.3, 0.4) is 0 Å². The number of nitrogens with one attached hydrogen (secondary N) is 1. The van der Waals surface area contributed by atoms with E-state index in [0.717, 1.165) is 13.2 Å². The maximum atomic E-state index is 8.00. The van der Waals surface area contributed by atoms with Crippen LogP contribution in [0.2, 0.25) is 0 Å². The fourth-order valence-electron chi connectivity index (χ4n) is 1.03. The van der Waals surface area contributed by atoms with Crippen molar-refractivity contribution in [3.8, 4) is 0 Å². The Balaban J connectivity index is 0. The van der Waals surface area contributed by atoms with Crippen molar-refractivity contribution in [2.24, 2.45) is 5.92 Å². The van der Waals surface area contributed by atoms with E-state index >= 15 is 0 Å². The third-order valence-electron chi connectivity index (χ3n) is 1.74. The Morgan fingerprint density at radius 2 is 1.83 bits per heavy atom. The molecule has 12 heavy (non-hydrogen) atoms. The summed E-state index contributed by atoms with van der Waals surface area (Å²) in [7, 11) is 1.98. The van der Waals surface area contributed by atoms with Crippen LogP contribution in [0.25, 0.3) is 0 Å². The predicted molar refractivity (Wildman–Crippen MR) is 51.3 cm³/mol. The Morgan fingerprint density at radius 3 is 2.00 bits per heavy atom. The standard InChI is InChI=1S/C6H13NO.C2H6.CH2O/c1-5-3-8-4-6(5)7-2;2*1-2/h5-7H,3-4H2,1-2H3;1-2H3;1H2. The Kier molecular flexibility index (Phi) is 12.5. The van der Waals surface area contributed by atoms with Crippen LogP contribution >= 0.6 is 0 Å². The van der Waals surface area contributed by atoms with E-state index in [1.807, 2.05) is 27.7 Å². The zero-order chi connectivity index (χ0) is 9.98. The van der Waals surface area contributed by atoms with Gasteiger partial charge >= 0.3 is 0 Å². The molecule has 0 amide bonds. The minimum absolute atomic E-state index is 0.593. The smallest absolute Gasteiger partial charge is 0.106 e. The van der Waals surface area contributed by atoms with Gasteiger partial charge in [-0.25, -0.2) is 0 Å². The predicted octanol–water partition coefficient (Wildman–Crippen LogP) is 1.08. The van der Waals surface area contributed by atoms with Crippen molar-refractivity contribution in [3.05, 3.63) is 0 Å². The molecule has 0 aromatic carbocycles. The number of likely N-dealkylation sites (N-methyl/N-ethyl adjacent to an activating group) is 1. The SMILES string of the molecule is C=O.CC.CNC1COCC1C. The number of carbonyl (C=O) groups is 1. The van der Waals surface area contributed by atoms with Gasteiger partial charge in [0.15, 0.2) is 0 Å². The summed E-state index contributed by atoms with van der Waals surface area (Å²) < 4.78 is 5.20. The largest absolute Gasteiger partial charge is 0.379 e. The van der Waals surface area contributed by atoms with Crippen LogP contribution in [0.15, 0.2) is 0 Å². The van der Waals surface area contributed by atoms with Gasteiger partial charge in [-0.15, -0.1) is 0 Å². The summed E-state index contributed by atoms with van der Waals surface area (Å²) in [6, 6.07) is 0.593. The summed E-state index contributed by atoms with van der Waals surface area (Å²) in [5, 5.41) is 3.19. The third kappa shape index (κ3) is 5.27. The molecule has 1 rings (SSSR count). The lowest BCUT2D eigenvalue weighted by Crippen LogP contribution is -2.30. The van der Waals surface area contributed by atoms with Crippen LogP contribution in [0.4, 0.5) is 0 Å². The van der Waals surface area contributed by atoms with Crippen LogP contribution in [0.1, 0.15) is 20.8 Å². The highest BCUT2D eigenvalue weighted by Crippen LogP contribution is 2.10. The molecule has 1 heterocycles. The van der Waals surface area contributed by atoms with Crippen LogP contribution in [-0.4, -0.2) is 33.1 Å². The number of hydrogen-bond acceptors (Lipinski definition) is 3. The summed E-state index contributed by atoms with van der Waals surface area (Å²) in [6.07, 6.45) is 0. The van der Waals surface area contributed by atoms with Crippen molar-refractivity contribution < 1.29 is 9.53 Å². The van der Waals surface area contributed by atoms with Crippen LogP contribution in [0, 0.1) is 5.92 Å². The van der Waals surface area contributed by atoms with Crippen molar-refractivity contribution in [2.75, 3.05) is 20.3 Å². The highest BCUT2D eigenvalue weighted by molar-refractivity contribution is 5.10. The number of ether oxygens (including phenoxy) is 1. The molecule has 1 N–H and O–H groups in total. The molecule has 0 saturated carbocycles. The molecule has 1 fully saturated rings. The Hall–Kier alpha value is -0.410. The summed E-state index contributed by atoms with van der Waals surface area (Å²) in [4.78, 5) is 8.00. The monoisotopic (exact) mass is 175 g/mol. The van der Waals surface area contributed by atoms with E-state index < -0.39 is 0 Å². The van der Waals surface area contributed by atoms with E-state index in [0.29, 0.717) is 12.0 Å². The highest BCUT2D eigenvalue weighted by Gasteiger charge is 2.21. The Labute approximate surface area is 75.5 Å². The van der Waals surface area contributed by atoms with Crippen LogP contribution in [-0.2, 0) is 9.53 Å². The molecule has 1 aliphatic heterocycles. The molecule has 2 unspecified atom stereocenters. The van der Waals surface area contributed by atoms with E-state index in [1.165, 1.54) is 0 Å².